The van der Waals surface area contributed by atoms with E-state index in [1.807, 2.05) is 36.2 Å². The summed E-state index contributed by atoms with van der Waals surface area (Å²) < 4.78 is 5.52. The van der Waals surface area contributed by atoms with Gasteiger partial charge in [0.1, 0.15) is 0 Å². The van der Waals surface area contributed by atoms with E-state index in [1.165, 1.54) is 0 Å². The first kappa shape index (κ1) is 18.2. The van der Waals surface area contributed by atoms with Crippen LogP contribution in [-0.4, -0.2) is 44.2 Å². The van der Waals surface area contributed by atoms with Gasteiger partial charge in [-0.2, -0.15) is 10.4 Å². The van der Waals surface area contributed by atoms with E-state index in [2.05, 4.69) is 21.9 Å². The molecule has 1 heterocycles. The van der Waals surface area contributed by atoms with Crippen LogP contribution in [0.1, 0.15) is 24.8 Å². The van der Waals surface area contributed by atoms with E-state index in [4.69, 9.17) is 22.2 Å². The molecule has 0 spiro atoms. The molecule has 128 valence electrons. The second-order valence-electron chi connectivity index (χ2n) is 5.64. The largest absolute Gasteiger partial charge is 0.376 e. The van der Waals surface area contributed by atoms with Gasteiger partial charge in [0.15, 0.2) is 5.11 Å². The van der Waals surface area contributed by atoms with E-state index < -0.39 is 0 Å². The van der Waals surface area contributed by atoms with E-state index in [-0.39, 0.29) is 6.10 Å². The number of nitrogens with zero attached hydrogens (tertiary/aromatic N) is 3. The fraction of sp³-hybridized carbons (Fsp3) is 0.471. The predicted octanol–water partition coefficient (Wildman–Crippen LogP) is 2.01. The van der Waals surface area contributed by atoms with E-state index in [0.29, 0.717) is 18.1 Å². The molecule has 7 heteroatoms. The third kappa shape index (κ3) is 6.14. The summed E-state index contributed by atoms with van der Waals surface area (Å²) in [7, 11) is 1.97. The molecule has 1 aromatic carbocycles. The molecule has 1 saturated heterocycles. The molecule has 1 fully saturated rings. The van der Waals surface area contributed by atoms with E-state index in [9.17, 15) is 0 Å². The standard InChI is InChI=1S/C17H23N5OS/c1-22(10-3-9-18)15-7-5-14(6-8-15)12-20-21-17(24)19-13-16-4-2-11-23-16/h5-8,12,16H,2-4,10-11,13H2,1H3,(H2,19,21,24)/b20-12-/t16-/m1/s1. The van der Waals surface area contributed by atoms with Gasteiger partial charge in [0, 0.05) is 32.4 Å². The second-order valence-corrected chi connectivity index (χ2v) is 6.04. The zero-order valence-electron chi connectivity index (χ0n) is 13.9. The first-order valence-electron chi connectivity index (χ1n) is 8.05. The number of rotatable bonds is 7. The van der Waals surface area contributed by atoms with Gasteiger partial charge in [-0.25, -0.2) is 0 Å². The average molecular weight is 345 g/mol. The number of anilines is 1. The Morgan fingerprint density at radius 1 is 1.50 bits per heavy atom. The molecule has 0 radical (unpaired) electrons. The summed E-state index contributed by atoms with van der Waals surface area (Å²) in [6, 6.07) is 10.1. The van der Waals surface area contributed by atoms with Crippen LogP contribution in [0.15, 0.2) is 29.4 Å². The fourth-order valence-electron chi connectivity index (χ4n) is 2.38. The lowest BCUT2D eigenvalue weighted by molar-refractivity contribution is 0.114. The minimum absolute atomic E-state index is 0.249. The van der Waals surface area contributed by atoms with Crippen molar-refractivity contribution in [2.75, 3.05) is 31.6 Å². The Morgan fingerprint density at radius 2 is 2.29 bits per heavy atom. The molecule has 0 bridgehead atoms. The maximum atomic E-state index is 8.62. The third-order valence-corrected chi connectivity index (χ3v) is 4.02. The van der Waals surface area contributed by atoms with Crippen molar-refractivity contribution in [3.8, 4) is 6.07 Å². The highest BCUT2D eigenvalue weighted by atomic mass is 32.1. The van der Waals surface area contributed by atoms with Crippen molar-refractivity contribution in [3.05, 3.63) is 29.8 Å². The minimum Gasteiger partial charge on any atom is -0.376 e. The van der Waals surface area contributed by atoms with E-state index >= 15 is 0 Å². The van der Waals surface area contributed by atoms with E-state index in [1.54, 1.807) is 6.21 Å². The summed E-state index contributed by atoms with van der Waals surface area (Å²) in [5, 5.41) is 16.4. The zero-order chi connectivity index (χ0) is 17.2. The molecular weight excluding hydrogens is 322 g/mol. The molecule has 0 aliphatic carbocycles. The van der Waals surface area contributed by atoms with Crippen molar-refractivity contribution in [1.82, 2.24) is 10.7 Å². The average Bonchev–Trinajstić information content (AvgIpc) is 3.12. The number of hydrogen-bond acceptors (Lipinski definition) is 5. The molecule has 1 aliphatic heterocycles. The van der Waals surface area contributed by atoms with Crippen LogP contribution in [0.5, 0.6) is 0 Å². The highest BCUT2D eigenvalue weighted by Crippen LogP contribution is 2.13. The molecule has 1 aromatic rings. The molecule has 0 saturated carbocycles. The Balaban J connectivity index is 1.73. The second kappa shape index (κ2) is 9.85. The van der Waals surface area contributed by atoms with Crippen molar-refractivity contribution in [2.24, 2.45) is 5.10 Å². The van der Waals surface area contributed by atoms with Crippen LogP contribution in [0.3, 0.4) is 0 Å². The molecule has 1 aliphatic rings. The van der Waals surface area contributed by atoms with Crippen molar-refractivity contribution in [2.45, 2.75) is 25.4 Å². The van der Waals surface area contributed by atoms with Crippen LogP contribution in [-0.2, 0) is 4.74 Å². The summed E-state index contributed by atoms with van der Waals surface area (Å²) in [6.45, 7) is 2.27. The first-order chi connectivity index (χ1) is 11.7. The fourth-order valence-corrected chi connectivity index (χ4v) is 2.51. The molecule has 0 aromatic heterocycles. The molecule has 6 nitrogen and oxygen atoms in total. The number of nitrogens with one attached hydrogen (secondary N) is 2. The Bertz CT molecular complexity index is 590. The van der Waals surface area contributed by atoms with Gasteiger partial charge >= 0.3 is 0 Å². The highest BCUT2D eigenvalue weighted by Gasteiger charge is 2.14. The Morgan fingerprint density at radius 3 is 2.96 bits per heavy atom. The first-order valence-corrected chi connectivity index (χ1v) is 8.46. The highest BCUT2D eigenvalue weighted by molar-refractivity contribution is 7.80. The molecule has 0 amide bonds. The smallest absolute Gasteiger partial charge is 0.187 e. The van der Waals surface area contributed by atoms with Crippen molar-refractivity contribution in [1.29, 1.82) is 5.26 Å². The number of hydrazone groups is 1. The summed E-state index contributed by atoms with van der Waals surface area (Å²) >= 11 is 5.18. The molecule has 2 N–H and O–H groups in total. The third-order valence-electron chi connectivity index (χ3n) is 3.79. The molecule has 24 heavy (non-hydrogen) atoms. The van der Waals surface area contributed by atoms with Crippen molar-refractivity contribution in [3.63, 3.8) is 0 Å². The lowest BCUT2D eigenvalue weighted by Gasteiger charge is -2.17. The lowest BCUT2D eigenvalue weighted by Crippen LogP contribution is -2.37. The van der Waals surface area contributed by atoms with Gasteiger partial charge in [-0.15, -0.1) is 0 Å². The van der Waals surface area contributed by atoms with Gasteiger partial charge < -0.3 is 15.0 Å². The van der Waals surface area contributed by atoms with Crippen LogP contribution in [0, 0.1) is 11.3 Å². The van der Waals surface area contributed by atoms with Crippen LogP contribution in [0.2, 0.25) is 0 Å². The zero-order valence-corrected chi connectivity index (χ0v) is 14.7. The quantitative estimate of drug-likeness (QED) is 0.447. The SMILES string of the molecule is CN(CCC#N)c1ccc(/C=N\NC(=S)NC[C@H]2CCCO2)cc1. The Labute approximate surface area is 148 Å². The normalized spacial score (nSPS) is 16.8. The number of nitriles is 1. The van der Waals surface area contributed by atoms with Gasteiger partial charge in [-0.05, 0) is 42.8 Å². The lowest BCUT2D eigenvalue weighted by atomic mass is 10.2. The Hall–Kier alpha value is -2.17. The number of benzene rings is 1. The van der Waals surface area contributed by atoms with Gasteiger partial charge in [-0.1, -0.05) is 12.1 Å². The van der Waals surface area contributed by atoms with Crippen LogP contribution >= 0.6 is 12.2 Å². The maximum absolute atomic E-state index is 8.62. The van der Waals surface area contributed by atoms with Gasteiger partial charge in [0.2, 0.25) is 0 Å². The summed E-state index contributed by atoms with van der Waals surface area (Å²) in [5.74, 6) is 0. The number of ether oxygens (including phenoxy) is 1. The summed E-state index contributed by atoms with van der Waals surface area (Å²) in [4.78, 5) is 2.05. The molecule has 2 rings (SSSR count). The van der Waals surface area contributed by atoms with Gasteiger partial charge in [-0.3, -0.25) is 5.43 Å². The van der Waals surface area contributed by atoms with Crippen LogP contribution < -0.4 is 15.6 Å². The maximum Gasteiger partial charge on any atom is 0.187 e. The molecule has 1 atom stereocenters. The summed E-state index contributed by atoms with van der Waals surface area (Å²) in [5.41, 5.74) is 4.86. The van der Waals surface area contributed by atoms with Crippen LogP contribution in [0.25, 0.3) is 0 Å². The van der Waals surface area contributed by atoms with Gasteiger partial charge in [0.05, 0.1) is 24.8 Å². The topological polar surface area (TPSA) is 72.7 Å². The summed E-state index contributed by atoms with van der Waals surface area (Å²) in [6.07, 6.45) is 4.68. The monoisotopic (exact) mass is 345 g/mol. The number of hydrogen-bond donors (Lipinski definition) is 2. The van der Waals surface area contributed by atoms with Crippen LogP contribution in [0.4, 0.5) is 5.69 Å². The predicted molar refractivity (Wildman–Crippen MR) is 100 cm³/mol. The Kier molecular flexibility index (Phi) is 7.46. The van der Waals surface area contributed by atoms with Crippen molar-refractivity contribution < 1.29 is 4.74 Å². The molecule has 0 unspecified atom stereocenters. The van der Waals surface area contributed by atoms with Gasteiger partial charge in [0.25, 0.3) is 0 Å². The number of thiocarbonyl (C=S) groups is 1. The van der Waals surface area contributed by atoms with E-state index in [0.717, 1.165) is 37.2 Å². The minimum atomic E-state index is 0.249. The molecular formula is C17H23N5OS. The van der Waals surface area contributed by atoms with Crippen molar-refractivity contribution >= 4 is 29.2 Å².